The third-order valence-corrected chi connectivity index (χ3v) is 4.44. The Bertz CT molecular complexity index is 492. The molecule has 1 aromatic carbocycles. The summed E-state index contributed by atoms with van der Waals surface area (Å²) in [5.41, 5.74) is 6.52. The molecule has 3 nitrogen and oxygen atoms in total. The number of nitrogens with one attached hydrogen (secondary N) is 1. The van der Waals surface area contributed by atoms with Crippen LogP contribution in [0.5, 0.6) is 0 Å². The van der Waals surface area contributed by atoms with Crippen LogP contribution < -0.4 is 5.32 Å². The number of carboxylic acids is 1. The lowest BCUT2D eigenvalue weighted by molar-refractivity contribution is -0.137. The van der Waals surface area contributed by atoms with Crippen LogP contribution in [0.25, 0.3) is 0 Å². The van der Waals surface area contributed by atoms with Crippen LogP contribution in [0.4, 0.5) is 0 Å². The van der Waals surface area contributed by atoms with Crippen molar-refractivity contribution in [3.8, 4) is 0 Å². The van der Waals surface area contributed by atoms with Gasteiger partial charge in [0.25, 0.3) is 0 Å². The third kappa shape index (κ3) is 3.60. The van der Waals surface area contributed by atoms with Crippen molar-refractivity contribution in [1.29, 1.82) is 0 Å². The fourth-order valence-electron chi connectivity index (χ4n) is 2.84. The van der Waals surface area contributed by atoms with E-state index < -0.39 is 5.97 Å². The van der Waals surface area contributed by atoms with Crippen molar-refractivity contribution in [2.24, 2.45) is 0 Å². The highest BCUT2D eigenvalue weighted by atomic mass is 16.4. The first-order chi connectivity index (χ1) is 9.38. The summed E-state index contributed by atoms with van der Waals surface area (Å²) in [7, 11) is 0. The lowest BCUT2D eigenvalue weighted by Crippen LogP contribution is -2.35. The molecule has 2 rings (SSSR count). The first kappa shape index (κ1) is 15.0. The number of rotatable bonds is 6. The van der Waals surface area contributed by atoms with E-state index in [2.05, 4.69) is 39.1 Å². The van der Waals surface area contributed by atoms with Gasteiger partial charge >= 0.3 is 5.97 Å². The highest BCUT2D eigenvalue weighted by Gasteiger charge is 2.26. The van der Waals surface area contributed by atoms with Crippen molar-refractivity contribution in [2.75, 3.05) is 0 Å². The van der Waals surface area contributed by atoms with E-state index in [0.717, 1.165) is 6.42 Å². The molecule has 1 fully saturated rings. The molecule has 0 bridgehead atoms. The molecule has 3 heteroatoms. The van der Waals surface area contributed by atoms with Gasteiger partial charge in [0.05, 0.1) is 6.42 Å². The molecule has 1 unspecified atom stereocenters. The molecule has 1 aromatic rings. The van der Waals surface area contributed by atoms with Crippen LogP contribution in [-0.2, 0) is 11.2 Å². The molecular formula is C17H25NO2. The summed E-state index contributed by atoms with van der Waals surface area (Å²) < 4.78 is 0. The average Bonchev–Trinajstić information content (AvgIpc) is 3.15. The molecule has 0 spiro atoms. The number of aliphatic carboxylic acids is 1. The van der Waals surface area contributed by atoms with E-state index in [-0.39, 0.29) is 12.5 Å². The van der Waals surface area contributed by atoms with Gasteiger partial charge in [0, 0.05) is 12.1 Å². The van der Waals surface area contributed by atoms with Crippen molar-refractivity contribution in [3.05, 3.63) is 33.9 Å². The van der Waals surface area contributed by atoms with E-state index in [1.165, 1.54) is 40.7 Å². The van der Waals surface area contributed by atoms with Gasteiger partial charge in [-0.25, -0.2) is 0 Å². The van der Waals surface area contributed by atoms with Crippen molar-refractivity contribution in [3.63, 3.8) is 0 Å². The monoisotopic (exact) mass is 275 g/mol. The van der Waals surface area contributed by atoms with Crippen LogP contribution in [0, 0.1) is 27.7 Å². The van der Waals surface area contributed by atoms with Crippen LogP contribution in [0.3, 0.4) is 0 Å². The molecule has 20 heavy (non-hydrogen) atoms. The molecule has 110 valence electrons. The third-order valence-electron chi connectivity index (χ3n) is 4.44. The second-order valence-electron chi connectivity index (χ2n) is 6.18. The average molecular weight is 275 g/mol. The zero-order valence-electron chi connectivity index (χ0n) is 12.9. The lowest BCUT2D eigenvalue weighted by Gasteiger charge is -2.21. The molecule has 2 N–H and O–H groups in total. The minimum absolute atomic E-state index is 0.0404. The number of aryl methyl sites for hydroxylation is 2. The van der Waals surface area contributed by atoms with E-state index in [4.69, 9.17) is 5.11 Å². The Morgan fingerprint density at radius 3 is 2.25 bits per heavy atom. The Balaban J connectivity index is 2.22. The first-order valence-electron chi connectivity index (χ1n) is 7.42. The van der Waals surface area contributed by atoms with Gasteiger partial charge in [-0.2, -0.15) is 0 Å². The summed E-state index contributed by atoms with van der Waals surface area (Å²) in [6.45, 7) is 8.55. The highest BCUT2D eigenvalue weighted by molar-refractivity contribution is 5.67. The van der Waals surface area contributed by atoms with Gasteiger partial charge in [-0.15, -0.1) is 0 Å². The molecule has 0 radical (unpaired) electrons. The summed E-state index contributed by atoms with van der Waals surface area (Å²) in [6.07, 6.45) is 3.37. The Labute approximate surface area is 121 Å². The van der Waals surface area contributed by atoms with Crippen molar-refractivity contribution in [1.82, 2.24) is 5.32 Å². The molecule has 0 amide bonds. The summed E-state index contributed by atoms with van der Waals surface area (Å²) in [5.74, 6) is -0.720. The summed E-state index contributed by atoms with van der Waals surface area (Å²) in [5, 5.41) is 12.6. The maximum atomic E-state index is 11.1. The van der Waals surface area contributed by atoms with Gasteiger partial charge in [-0.05, 0) is 74.8 Å². The number of hydrogen-bond donors (Lipinski definition) is 2. The molecule has 0 aromatic heterocycles. The topological polar surface area (TPSA) is 49.3 Å². The van der Waals surface area contributed by atoms with E-state index in [1.54, 1.807) is 0 Å². The van der Waals surface area contributed by atoms with Gasteiger partial charge in [0.1, 0.15) is 0 Å². The standard InChI is InChI=1S/C17H25NO2/c1-10-7-11(2)13(4)16(12(10)3)8-15(9-17(19)20)18-14-5-6-14/h7,14-15,18H,5-6,8-9H2,1-4H3,(H,19,20). The number of benzene rings is 1. The minimum Gasteiger partial charge on any atom is -0.481 e. The highest BCUT2D eigenvalue weighted by Crippen LogP contribution is 2.25. The Kier molecular flexibility index (Phi) is 4.48. The molecule has 0 heterocycles. The first-order valence-corrected chi connectivity index (χ1v) is 7.42. The molecule has 1 atom stereocenters. The Morgan fingerprint density at radius 1 is 1.25 bits per heavy atom. The molecule has 0 saturated heterocycles. The Morgan fingerprint density at radius 2 is 1.80 bits per heavy atom. The lowest BCUT2D eigenvalue weighted by atomic mass is 9.89. The number of hydrogen-bond acceptors (Lipinski definition) is 2. The van der Waals surface area contributed by atoms with E-state index in [0.29, 0.717) is 6.04 Å². The second-order valence-corrected chi connectivity index (χ2v) is 6.18. The van der Waals surface area contributed by atoms with Gasteiger partial charge in [0.15, 0.2) is 0 Å². The smallest absolute Gasteiger partial charge is 0.304 e. The largest absolute Gasteiger partial charge is 0.481 e. The fraction of sp³-hybridized carbons (Fsp3) is 0.588. The molecule has 0 aliphatic heterocycles. The Hall–Kier alpha value is -1.35. The van der Waals surface area contributed by atoms with Gasteiger partial charge in [0.2, 0.25) is 0 Å². The maximum absolute atomic E-state index is 11.1. The quantitative estimate of drug-likeness (QED) is 0.839. The maximum Gasteiger partial charge on any atom is 0.304 e. The van der Waals surface area contributed by atoms with Gasteiger partial charge < -0.3 is 10.4 Å². The van der Waals surface area contributed by atoms with Crippen LogP contribution in [0.15, 0.2) is 6.07 Å². The molecule has 1 aliphatic carbocycles. The zero-order chi connectivity index (χ0) is 14.9. The van der Waals surface area contributed by atoms with E-state index in [1.807, 2.05) is 0 Å². The van der Waals surface area contributed by atoms with Crippen molar-refractivity contribution < 1.29 is 9.90 Å². The van der Waals surface area contributed by atoms with Gasteiger partial charge in [-0.3, -0.25) is 4.79 Å². The SMILES string of the molecule is Cc1cc(C)c(C)c(CC(CC(=O)O)NC2CC2)c1C. The summed E-state index contributed by atoms with van der Waals surface area (Å²) >= 11 is 0. The van der Waals surface area contributed by atoms with E-state index >= 15 is 0 Å². The van der Waals surface area contributed by atoms with Crippen LogP contribution >= 0.6 is 0 Å². The molecule has 1 aliphatic rings. The van der Waals surface area contributed by atoms with Crippen LogP contribution in [-0.4, -0.2) is 23.2 Å². The summed E-state index contributed by atoms with van der Waals surface area (Å²) in [4.78, 5) is 11.1. The predicted octanol–water partition coefficient (Wildman–Crippen LogP) is 3.06. The van der Waals surface area contributed by atoms with Crippen LogP contribution in [0.2, 0.25) is 0 Å². The van der Waals surface area contributed by atoms with Gasteiger partial charge in [-0.1, -0.05) is 6.07 Å². The number of carboxylic acid groups (broad SMARTS) is 1. The van der Waals surface area contributed by atoms with E-state index in [9.17, 15) is 4.79 Å². The number of carbonyl (C=O) groups is 1. The second kappa shape index (κ2) is 5.96. The van der Waals surface area contributed by atoms with Crippen molar-refractivity contribution in [2.45, 2.75) is 65.5 Å². The molecular weight excluding hydrogens is 250 g/mol. The predicted molar refractivity (Wildman–Crippen MR) is 81.3 cm³/mol. The normalized spacial score (nSPS) is 16.2. The summed E-state index contributed by atoms with van der Waals surface area (Å²) in [6, 6.07) is 2.79. The fourth-order valence-corrected chi connectivity index (χ4v) is 2.84. The van der Waals surface area contributed by atoms with Crippen molar-refractivity contribution >= 4 is 5.97 Å². The zero-order valence-corrected chi connectivity index (χ0v) is 12.9. The molecule has 1 saturated carbocycles. The minimum atomic E-state index is -0.720. The van der Waals surface area contributed by atoms with Crippen LogP contribution in [0.1, 0.15) is 47.1 Å².